The third-order valence-corrected chi connectivity index (χ3v) is 3.30. The van der Waals surface area contributed by atoms with E-state index >= 15 is 0 Å². The van der Waals surface area contributed by atoms with Gasteiger partial charge in [0.1, 0.15) is 5.83 Å². The molecule has 2 rings (SSSR count). The van der Waals surface area contributed by atoms with Gasteiger partial charge in [0.15, 0.2) is 5.79 Å². The van der Waals surface area contributed by atoms with Crippen molar-refractivity contribution < 1.29 is 13.9 Å². The Hall–Kier alpha value is -0.950. The molecule has 0 radical (unpaired) electrons. The van der Waals surface area contributed by atoms with E-state index in [4.69, 9.17) is 26.7 Å². The van der Waals surface area contributed by atoms with Crippen LogP contribution in [-0.4, -0.2) is 30.1 Å². The molecule has 102 valence electrons. The second-order valence-electron chi connectivity index (χ2n) is 5.41. The van der Waals surface area contributed by atoms with Crippen LogP contribution in [0, 0.1) is 0 Å². The van der Waals surface area contributed by atoms with Gasteiger partial charge in [0.25, 0.3) is 0 Å². The molecule has 0 bridgehead atoms. The van der Waals surface area contributed by atoms with E-state index in [9.17, 15) is 4.39 Å². The van der Waals surface area contributed by atoms with E-state index in [0.29, 0.717) is 13.0 Å². The van der Waals surface area contributed by atoms with Crippen molar-refractivity contribution >= 4 is 0 Å². The van der Waals surface area contributed by atoms with Crippen LogP contribution in [0.15, 0.2) is 23.7 Å². The maximum atomic E-state index is 13.5. The molecule has 2 unspecified atom stereocenters. The Balaban J connectivity index is 2.09. The molecule has 2 aliphatic rings. The topological polar surface area (TPSA) is 96.5 Å². The zero-order valence-corrected chi connectivity index (χ0v) is 10.7. The first-order chi connectivity index (χ1) is 8.22. The van der Waals surface area contributed by atoms with Gasteiger partial charge in [0, 0.05) is 6.04 Å². The number of allylic oxidation sites excluding steroid dienone is 1. The molecule has 1 heterocycles. The van der Waals surface area contributed by atoms with Crippen LogP contribution in [0.2, 0.25) is 0 Å². The molecule has 1 saturated heterocycles. The summed E-state index contributed by atoms with van der Waals surface area (Å²) in [6.07, 6.45) is 2.90. The Morgan fingerprint density at radius 3 is 2.72 bits per heavy atom. The summed E-state index contributed by atoms with van der Waals surface area (Å²) in [5.41, 5.74) is 16.6. The molecule has 0 saturated carbocycles. The van der Waals surface area contributed by atoms with Crippen molar-refractivity contribution in [2.45, 2.75) is 43.7 Å². The summed E-state index contributed by atoms with van der Waals surface area (Å²) in [5.74, 6) is -1.16. The van der Waals surface area contributed by atoms with Crippen LogP contribution in [0.4, 0.5) is 4.39 Å². The largest absolute Gasteiger partial charge is 0.397 e. The highest BCUT2D eigenvalue weighted by Gasteiger charge is 2.41. The van der Waals surface area contributed by atoms with E-state index in [1.165, 1.54) is 12.2 Å². The van der Waals surface area contributed by atoms with E-state index in [1.54, 1.807) is 0 Å². The molecule has 0 aromatic rings. The highest BCUT2D eigenvalue weighted by Crippen LogP contribution is 2.31. The highest BCUT2D eigenvalue weighted by atomic mass is 19.1. The Kier molecular flexibility index (Phi) is 3.23. The average molecular weight is 257 g/mol. The SMILES string of the molecule is CC1(C)OC[C@@H](CC2(N)C=C(F)C(N)=CC2N)O1. The maximum absolute atomic E-state index is 13.5. The van der Waals surface area contributed by atoms with Crippen LogP contribution in [0.1, 0.15) is 20.3 Å². The Bertz CT molecular complexity index is 408. The summed E-state index contributed by atoms with van der Waals surface area (Å²) in [6, 6.07) is -0.538. The summed E-state index contributed by atoms with van der Waals surface area (Å²) in [5, 5.41) is 0. The van der Waals surface area contributed by atoms with Crippen molar-refractivity contribution in [2.75, 3.05) is 6.61 Å². The highest BCUT2D eigenvalue weighted by molar-refractivity contribution is 5.36. The zero-order chi connectivity index (χ0) is 13.6. The summed E-state index contributed by atoms with van der Waals surface area (Å²) >= 11 is 0. The van der Waals surface area contributed by atoms with Gasteiger partial charge in [-0.05, 0) is 32.4 Å². The smallest absolute Gasteiger partial charge is 0.163 e. The predicted octanol–water partition coefficient (Wildman–Crippen LogP) is 0.262. The van der Waals surface area contributed by atoms with Gasteiger partial charge in [-0.3, -0.25) is 0 Å². The van der Waals surface area contributed by atoms with E-state index in [-0.39, 0.29) is 11.8 Å². The van der Waals surface area contributed by atoms with Crippen molar-refractivity contribution in [1.29, 1.82) is 0 Å². The van der Waals surface area contributed by atoms with E-state index in [0.717, 1.165) is 0 Å². The fraction of sp³-hybridized carbons (Fsp3) is 0.667. The summed E-state index contributed by atoms with van der Waals surface area (Å²) < 4.78 is 24.6. The van der Waals surface area contributed by atoms with Gasteiger partial charge in [0.2, 0.25) is 0 Å². The Morgan fingerprint density at radius 2 is 2.17 bits per heavy atom. The quantitative estimate of drug-likeness (QED) is 0.659. The molecule has 0 aromatic carbocycles. The lowest BCUT2D eigenvalue weighted by Crippen LogP contribution is -2.56. The molecule has 0 spiro atoms. The monoisotopic (exact) mass is 257 g/mol. The van der Waals surface area contributed by atoms with Gasteiger partial charge in [0.05, 0.1) is 23.9 Å². The van der Waals surface area contributed by atoms with E-state index < -0.39 is 23.2 Å². The summed E-state index contributed by atoms with van der Waals surface area (Å²) in [4.78, 5) is 0. The van der Waals surface area contributed by atoms with Gasteiger partial charge >= 0.3 is 0 Å². The second-order valence-corrected chi connectivity index (χ2v) is 5.41. The van der Waals surface area contributed by atoms with Crippen molar-refractivity contribution in [3.8, 4) is 0 Å². The van der Waals surface area contributed by atoms with Crippen molar-refractivity contribution in [1.82, 2.24) is 0 Å². The van der Waals surface area contributed by atoms with Gasteiger partial charge < -0.3 is 26.7 Å². The van der Waals surface area contributed by atoms with E-state index in [1.807, 2.05) is 13.8 Å². The van der Waals surface area contributed by atoms with Crippen molar-refractivity contribution in [2.24, 2.45) is 17.2 Å². The van der Waals surface area contributed by atoms with Gasteiger partial charge in [-0.25, -0.2) is 4.39 Å². The molecule has 6 heteroatoms. The minimum Gasteiger partial charge on any atom is -0.397 e. The fourth-order valence-electron chi connectivity index (χ4n) is 2.30. The van der Waals surface area contributed by atoms with Crippen LogP contribution in [0.5, 0.6) is 0 Å². The summed E-state index contributed by atoms with van der Waals surface area (Å²) in [7, 11) is 0. The lowest BCUT2D eigenvalue weighted by Gasteiger charge is -2.35. The van der Waals surface area contributed by atoms with Gasteiger partial charge in [-0.2, -0.15) is 0 Å². The molecular formula is C12H20FN3O2. The van der Waals surface area contributed by atoms with Crippen LogP contribution in [-0.2, 0) is 9.47 Å². The number of nitrogens with two attached hydrogens (primary N) is 3. The maximum Gasteiger partial charge on any atom is 0.163 e. The number of hydrogen-bond donors (Lipinski definition) is 3. The third kappa shape index (κ3) is 2.56. The molecule has 5 nitrogen and oxygen atoms in total. The molecular weight excluding hydrogens is 237 g/mol. The molecule has 6 N–H and O–H groups in total. The molecule has 1 aliphatic heterocycles. The van der Waals surface area contributed by atoms with Gasteiger partial charge in [-0.15, -0.1) is 0 Å². The van der Waals surface area contributed by atoms with Crippen LogP contribution in [0.25, 0.3) is 0 Å². The molecule has 0 amide bonds. The molecule has 0 aromatic heterocycles. The van der Waals surface area contributed by atoms with Crippen molar-refractivity contribution in [3.63, 3.8) is 0 Å². The Morgan fingerprint density at radius 1 is 1.50 bits per heavy atom. The third-order valence-electron chi connectivity index (χ3n) is 3.30. The Labute approximate surface area is 106 Å². The lowest BCUT2D eigenvalue weighted by atomic mass is 9.82. The standard InChI is InChI=1S/C12H20FN3O2/c1-11(2)17-6-7(18-11)4-12(16)5-8(13)9(14)3-10(12)15/h3,5,7,10H,4,6,14-16H2,1-2H3/t7-,10?,12?/m1/s1. The lowest BCUT2D eigenvalue weighted by molar-refractivity contribution is -0.140. The number of halogens is 1. The fourth-order valence-corrected chi connectivity index (χ4v) is 2.30. The average Bonchev–Trinajstić information content (AvgIpc) is 2.55. The molecule has 1 fully saturated rings. The number of hydrogen-bond acceptors (Lipinski definition) is 5. The van der Waals surface area contributed by atoms with E-state index in [2.05, 4.69) is 0 Å². The van der Waals surface area contributed by atoms with Crippen LogP contribution < -0.4 is 17.2 Å². The molecule has 1 aliphatic carbocycles. The minimum absolute atomic E-state index is 0.0347. The summed E-state index contributed by atoms with van der Waals surface area (Å²) in [6.45, 7) is 4.07. The zero-order valence-electron chi connectivity index (χ0n) is 10.7. The predicted molar refractivity (Wildman–Crippen MR) is 65.9 cm³/mol. The number of ether oxygens (including phenoxy) is 2. The normalized spacial score (nSPS) is 39.4. The van der Waals surface area contributed by atoms with Crippen molar-refractivity contribution in [3.05, 3.63) is 23.7 Å². The first-order valence-electron chi connectivity index (χ1n) is 5.94. The molecule has 18 heavy (non-hydrogen) atoms. The first kappa shape index (κ1) is 13.5. The molecule has 3 atom stereocenters. The second kappa shape index (κ2) is 4.31. The minimum atomic E-state index is -0.999. The number of rotatable bonds is 2. The van der Waals surface area contributed by atoms with Gasteiger partial charge in [-0.1, -0.05) is 0 Å². The van der Waals surface area contributed by atoms with Crippen LogP contribution >= 0.6 is 0 Å². The first-order valence-corrected chi connectivity index (χ1v) is 5.94. The van der Waals surface area contributed by atoms with Crippen LogP contribution in [0.3, 0.4) is 0 Å².